The number of ether oxygens (including phenoxy) is 1. The number of H-pyrrole nitrogens is 1. The van der Waals surface area contributed by atoms with Crippen molar-refractivity contribution in [3.05, 3.63) is 64.7 Å². The highest BCUT2D eigenvalue weighted by molar-refractivity contribution is 6.30. The van der Waals surface area contributed by atoms with Crippen molar-refractivity contribution in [2.45, 2.75) is 12.3 Å². The first-order chi connectivity index (χ1) is 12.2. The third-order valence-electron chi connectivity index (χ3n) is 4.43. The number of nitrogens with one attached hydrogen (secondary N) is 2. The average Bonchev–Trinajstić information content (AvgIpc) is 3.05. The Morgan fingerprint density at radius 2 is 2.00 bits per heavy atom. The number of benzene rings is 2. The van der Waals surface area contributed by atoms with Gasteiger partial charge < -0.3 is 10.1 Å². The maximum Gasteiger partial charge on any atom is 0.226 e. The lowest BCUT2D eigenvalue weighted by molar-refractivity contribution is -0.116. The Morgan fingerprint density at radius 3 is 2.76 bits per heavy atom. The lowest BCUT2D eigenvalue weighted by Crippen LogP contribution is -2.23. The van der Waals surface area contributed by atoms with E-state index in [2.05, 4.69) is 15.5 Å². The molecule has 3 aromatic rings. The predicted molar refractivity (Wildman–Crippen MR) is 97.1 cm³/mol. The molecule has 2 heterocycles. The number of rotatable bonds is 3. The number of aromatic amines is 1. The van der Waals surface area contributed by atoms with Gasteiger partial charge in [-0.3, -0.25) is 9.89 Å². The summed E-state index contributed by atoms with van der Waals surface area (Å²) in [6.07, 6.45) is 0.361. The number of anilines is 1. The summed E-state index contributed by atoms with van der Waals surface area (Å²) in [5.74, 6) is 1.20. The van der Waals surface area contributed by atoms with Gasteiger partial charge in [-0.05, 0) is 29.8 Å². The molecular weight excluding hydrogens is 338 g/mol. The Kier molecular flexibility index (Phi) is 3.93. The quantitative estimate of drug-likeness (QED) is 0.741. The fraction of sp³-hybridized carbons (Fsp3) is 0.158. The minimum absolute atomic E-state index is 0.0468. The topological polar surface area (TPSA) is 67.0 Å². The van der Waals surface area contributed by atoms with Gasteiger partial charge in [0.25, 0.3) is 0 Å². The molecule has 5 nitrogen and oxygen atoms in total. The first-order valence-electron chi connectivity index (χ1n) is 7.93. The highest BCUT2D eigenvalue weighted by Gasteiger charge is 2.32. The van der Waals surface area contributed by atoms with Gasteiger partial charge in [0.1, 0.15) is 5.75 Å². The summed E-state index contributed by atoms with van der Waals surface area (Å²) < 4.78 is 5.33. The minimum Gasteiger partial charge on any atom is -0.497 e. The van der Waals surface area contributed by atoms with Crippen molar-refractivity contribution in [1.29, 1.82) is 0 Å². The van der Waals surface area contributed by atoms with E-state index in [9.17, 15) is 4.79 Å². The highest BCUT2D eigenvalue weighted by Crippen LogP contribution is 2.42. The van der Waals surface area contributed by atoms with E-state index in [0.717, 1.165) is 28.1 Å². The standard InChI is InChI=1S/C19H16ClN3O2/c1-25-14-4-2-3-12(9-14)15-10-16(24)21-19-17(15)18(22-23-19)11-5-7-13(20)8-6-11/h2-9,15H,10H2,1H3,(H2,21,22,23,24)/t15-/m1/s1. The Morgan fingerprint density at radius 1 is 1.20 bits per heavy atom. The molecule has 4 rings (SSSR count). The molecule has 0 aliphatic carbocycles. The Labute approximate surface area is 150 Å². The number of fused-ring (bicyclic) bond motifs is 1. The number of amides is 1. The van der Waals surface area contributed by atoms with Gasteiger partial charge >= 0.3 is 0 Å². The summed E-state index contributed by atoms with van der Waals surface area (Å²) in [7, 11) is 1.63. The first kappa shape index (κ1) is 15.7. The summed E-state index contributed by atoms with van der Waals surface area (Å²) in [5.41, 5.74) is 3.86. The van der Waals surface area contributed by atoms with Gasteiger partial charge in [0, 0.05) is 28.5 Å². The Hall–Kier alpha value is -2.79. The van der Waals surface area contributed by atoms with Crippen LogP contribution in [-0.2, 0) is 4.79 Å². The molecule has 1 atom stereocenters. The van der Waals surface area contributed by atoms with E-state index in [4.69, 9.17) is 16.3 Å². The molecule has 0 saturated heterocycles. The van der Waals surface area contributed by atoms with Crippen LogP contribution >= 0.6 is 11.6 Å². The minimum atomic E-state index is -0.0942. The third-order valence-corrected chi connectivity index (χ3v) is 4.68. The predicted octanol–water partition coefficient (Wildman–Crippen LogP) is 4.21. The SMILES string of the molecule is COc1cccc([C@H]2CC(=O)Nc3n[nH]c(-c4ccc(Cl)cc4)c32)c1. The van der Waals surface area contributed by atoms with Crippen molar-refractivity contribution in [3.8, 4) is 17.0 Å². The largest absolute Gasteiger partial charge is 0.497 e. The smallest absolute Gasteiger partial charge is 0.226 e. The molecule has 1 aliphatic heterocycles. The van der Waals surface area contributed by atoms with E-state index < -0.39 is 0 Å². The van der Waals surface area contributed by atoms with Crippen LogP contribution in [0.3, 0.4) is 0 Å². The van der Waals surface area contributed by atoms with Crippen molar-refractivity contribution < 1.29 is 9.53 Å². The molecule has 0 radical (unpaired) electrons. The van der Waals surface area contributed by atoms with Crippen molar-refractivity contribution in [3.63, 3.8) is 0 Å². The molecular formula is C19H16ClN3O2. The maximum atomic E-state index is 12.1. The molecule has 6 heteroatoms. The fourth-order valence-corrected chi connectivity index (χ4v) is 3.36. The molecule has 0 unspecified atom stereocenters. The van der Waals surface area contributed by atoms with Gasteiger partial charge in [0.05, 0.1) is 12.8 Å². The van der Waals surface area contributed by atoms with Crippen LogP contribution in [0.5, 0.6) is 5.75 Å². The van der Waals surface area contributed by atoms with Gasteiger partial charge in [0.2, 0.25) is 5.91 Å². The average molecular weight is 354 g/mol. The molecule has 1 aromatic heterocycles. The normalized spacial score (nSPS) is 16.2. The number of carbonyl (C=O) groups is 1. The molecule has 1 amide bonds. The lowest BCUT2D eigenvalue weighted by atomic mass is 9.84. The van der Waals surface area contributed by atoms with E-state index in [-0.39, 0.29) is 11.8 Å². The van der Waals surface area contributed by atoms with Crippen molar-refractivity contribution in [2.75, 3.05) is 12.4 Å². The summed E-state index contributed by atoms with van der Waals surface area (Å²) >= 11 is 6.00. The summed E-state index contributed by atoms with van der Waals surface area (Å²) in [4.78, 5) is 12.1. The molecule has 2 N–H and O–H groups in total. The summed E-state index contributed by atoms with van der Waals surface area (Å²) in [5, 5.41) is 10.9. The molecule has 0 saturated carbocycles. The number of nitrogens with zero attached hydrogens (tertiary/aromatic N) is 1. The second-order valence-corrected chi connectivity index (χ2v) is 6.39. The number of halogens is 1. The summed E-state index contributed by atoms with van der Waals surface area (Å²) in [6.45, 7) is 0. The molecule has 126 valence electrons. The van der Waals surface area contributed by atoms with Crippen LogP contribution in [-0.4, -0.2) is 23.2 Å². The summed E-state index contributed by atoms with van der Waals surface area (Å²) in [6, 6.07) is 15.4. The van der Waals surface area contributed by atoms with E-state index in [1.165, 1.54) is 0 Å². The number of carbonyl (C=O) groups excluding carboxylic acids is 1. The van der Waals surface area contributed by atoms with E-state index >= 15 is 0 Å². The Balaban J connectivity index is 1.85. The number of aromatic nitrogens is 2. The van der Waals surface area contributed by atoms with Gasteiger partial charge in [-0.25, -0.2) is 0 Å². The third kappa shape index (κ3) is 2.87. The number of hydrogen-bond acceptors (Lipinski definition) is 3. The van der Waals surface area contributed by atoms with Crippen LogP contribution in [0.15, 0.2) is 48.5 Å². The number of hydrogen-bond donors (Lipinski definition) is 2. The van der Waals surface area contributed by atoms with E-state index in [1.807, 2.05) is 48.5 Å². The monoisotopic (exact) mass is 353 g/mol. The Bertz CT molecular complexity index is 934. The van der Waals surface area contributed by atoms with Crippen LogP contribution in [0.4, 0.5) is 5.82 Å². The maximum absolute atomic E-state index is 12.1. The van der Waals surface area contributed by atoms with Gasteiger partial charge in [-0.1, -0.05) is 35.9 Å². The van der Waals surface area contributed by atoms with Gasteiger partial charge in [-0.15, -0.1) is 0 Å². The fourth-order valence-electron chi connectivity index (χ4n) is 3.24. The zero-order chi connectivity index (χ0) is 17.4. The van der Waals surface area contributed by atoms with Crippen LogP contribution < -0.4 is 10.1 Å². The van der Waals surface area contributed by atoms with Crippen LogP contribution in [0, 0.1) is 0 Å². The number of methoxy groups -OCH3 is 1. The lowest BCUT2D eigenvalue weighted by Gasteiger charge is -2.23. The molecule has 0 fully saturated rings. The molecule has 0 bridgehead atoms. The van der Waals surface area contributed by atoms with Gasteiger partial charge in [-0.2, -0.15) is 5.10 Å². The van der Waals surface area contributed by atoms with Crippen LogP contribution in [0.1, 0.15) is 23.5 Å². The van der Waals surface area contributed by atoms with E-state index in [0.29, 0.717) is 17.3 Å². The van der Waals surface area contributed by atoms with Crippen molar-refractivity contribution >= 4 is 23.3 Å². The zero-order valence-electron chi connectivity index (χ0n) is 13.5. The van der Waals surface area contributed by atoms with Gasteiger partial charge in [0.15, 0.2) is 5.82 Å². The molecule has 25 heavy (non-hydrogen) atoms. The first-order valence-corrected chi connectivity index (χ1v) is 8.31. The molecule has 0 spiro atoms. The zero-order valence-corrected chi connectivity index (χ0v) is 14.3. The second-order valence-electron chi connectivity index (χ2n) is 5.95. The molecule has 2 aromatic carbocycles. The van der Waals surface area contributed by atoms with Crippen LogP contribution in [0.2, 0.25) is 5.02 Å². The van der Waals surface area contributed by atoms with Crippen molar-refractivity contribution in [2.24, 2.45) is 0 Å². The highest BCUT2D eigenvalue weighted by atomic mass is 35.5. The van der Waals surface area contributed by atoms with Crippen molar-refractivity contribution in [1.82, 2.24) is 10.2 Å². The molecule has 1 aliphatic rings. The van der Waals surface area contributed by atoms with E-state index in [1.54, 1.807) is 7.11 Å². The second kappa shape index (κ2) is 6.26. The van der Waals surface area contributed by atoms with Crippen LogP contribution in [0.25, 0.3) is 11.3 Å².